The molecule has 0 unspecified atom stereocenters. The molecule has 1 heterocycles. The molecule has 5 nitrogen and oxygen atoms in total. The van der Waals surface area contributed by atoms with Gasteiger partial charge in [0, 0.05) is 32.6 Å². The summed E-state index contributed by atoms with van der Waals surface area (Å²) in [6.45, 7) is 3.40. The molecule has 0 saturated carbocycles. The van der Waals surface area contributed by atoms with Gasteiger partial charge in [0.15, 0.2) is 6.29 Å². The molecule has 1 aliphatic rings. The average molecular weight is 371 g/mol. The molecule has 143 valence electrons. The first kappa shape index (κ1) is 20.2. The Balaban J connectivity index is 1.70. The molecular formula is C18H22F3N2O3. The van der Waals surface area contributed by atoms with Gasteiger partial charge in [-0.1, -0.05) is 12.1 Å². The Kier molecular flexibility index (Phi) is 7.44. The molecule has 26 heavy (non-hydrogen) atoms. The van der Waals surface area contributed by atoms with E-state index in [-0.39, 0.29) is 6.61 Å². The summed E-state index contributed by atoms with van der Waals surface area (Å²) in [6, 6.07) is 4.57. The van der Waals surface area contributed by atoms with E-state index >= 15 is 0 Å². The van der Waals surface area contributed by atoms with E-state index in [9.17, 15) is 22.8 Å². The SMILES string of the molecule is O=[C]CCCCN1CCN(C(=O)OCc2ccc(C(F)(F)F)cc2)CC1. The first-order valence-electron chi connectivity index (χ1n) is 8.55. The molecule has 1 fully saturated rings. The number of halogens is 3. The molecule has 1 saturated heterocycles. The summed E-state index contributed by atoms with van der Waals surface area (Å²) < 4.78 is 42.7. The molecule has 1 aromatic carbocycles. The number of hydrogen-bond donors (Lipinski definition) is 0. The van der Waals surface area contributed by atoms with Gasteiger partial charge in [-0.3, -0.25) is 9.69 Å². The third-order valence-electron chi connectivity index (χ3n) is 4.28. The Labute approximate surface area is 150 Å². The lowest BCUT2D eigenvalue weighted by atomic mass is 10.1. The van der Waals surface area contributed by atoms with Gasteiger partial charge in [-0.05, 0) is 37.1 Å². The molecule has 0 atom stereocenters. The van der Waals surface area contributed by atoms with Crippen LogP contribution >= 0.6 is 0 Å². The molecule has 0 aliphatic carbocycles. The van der Waals surface area contributed by atoms with Crippen LogP contribution in [0, 0.1) is 0 Å². The molecule has 0 bridgehead atoms. The zero-order chi connectivity index (χ0) is 19.0. The number of benzene rings is 1. The molecule has 1 amide bonds. The number of unbranched alkanes of at least 4 members (excludes halogenated alkanes) is 2. The van der Waals surface area contributed by atoms with Crippen LogP contribution in [0.4, 0.5) is 18.0 Å². The number of rotatable bonds is 7. The molecule has 0 N–H and O–H groups in total. The quantitative estimate of drug-likeness (QED) is 0.691. The normalized spacial score (nSPS) is 15.7. The van der Waals surface area contributed by atoms with Gasteiger partial charge in [0.25, 0.3) is 0 Å². The highest BCUT2D eigenvalue weighted by atomic mass is 19.4. The predicted molar refractivity (Wildman–Crippen MR) is 89.2 cm³/mol. The Bertz CT molecular complexity index is 582. The highest BCUT2D eigenvalue weighted by Crippen LogP contribution is 2.29. The second-order valence-electron chi connectivity index (χ2n) is 6.18. The van der Waals surface area contributed by atoms with E-state index in [0.717, 1.165) is 44.6 Å². The number of alkyl halides is 3. The van der Waals surface area contributed by atoms with Crippen molar-refractivity contribution < 1.29 is 27.5 Å². The minimum Gasteiger partial charge on any atom is -0.445 e. The molecule has 1 radical (unpaired) electrons. The minimum absolute atomic E-state index is 0.0562. The third kappa shape index (κ3) is 6.33. The van der Waals surface area contributed by atoms with Crippen LogP contribution in [-0.4, -0.2) is 54.9 Å². The third-order valence-corrected chi connectivity index (χ3v) is 4.28. The lowest BCUT2D eigenvalue weighted by molar-refractivity contribution is -0.137. The van der Waals surface area contributed by atoms with E-state index in [1.54, 1.807) is 4.90 Å². The van der Waals surface area contributed by atoms with Gasteiger partial charge in [-0.25, -0.2) is 4.79 Å². The van der Waals surface area contributed by atoms with Crippen LogP contribution in [-0.2, 0) is 22.3 Å². The van der Waals surface area contributed by atoms with Crippen molar-refractivity contribution in [2.24, 2.45) is 0 Å². The zero-order valence-electron chi connectivity index (χ0n) is 14.4. The van der Waals surface area contributed by atoms with Crippen LogP contribution in [0.2, 0.25) is 0 Å². The number of carbonyl (C=O) groups is 1. The van der Waals surface area contributed by atoms with Gasteiger partial charge in [0.1, 0.15) is 6.61 Å². The summed E-state index contributed by atoms with van der Waals surface area (Å²) in [5, 5.41) is 0. The Hall–Kier alpha value is -2.09. The van der Waals surface area contributed by atoms with E-state index in [0.29, 0.717) is 25.1 Å². The smallest absolute Gasteiger partial charge is 0.416 e. The second-order valence-corrected chi connectivity index (χ2v) is 6.18. The summed E-state index contributed by atoms with van der Waals surface area (Å²) in [7, 11) is 0. The molecular weight excluding hydrogens is 349 g/mol. The Morgan fingerprint density at radius 1 is 1.08 bits per heavy atom. The fourth-order valence-corrected chi connectivity index (χ4v) is 2.71. The van der Waals surface area contributed by atoms with Crippen LogP contribution in [0.1, 0.15) is 30.4 Å². The maximum atomic E-state index is 12.5. The van der Waals surface area contributed by atoms with E-state index in [1.165, 1.54) is 12.1 Å². The van der Waals surface area contributed by atoms with Gasteiger partial charge in [-0.2, -0.15) is 13.2 Å². The summed E-state index contributed by atoms with van der Waals surface area (Å²) in [5.41, 5.74) is -0.216. The molecule has 8 heteroatoms. The summed E-state index contributed by atoms with van der Waals surface area (Å²) in [6.07, 6.45) is -0.764. The van der Waals surface area contributed by atoms with Gasteiger partial charge >= 0.3 is 12.3 Å². The summed E-state index contributed by atoms with van der Waals surface area (Å²) in [5.74, 6) is 0. The molecule has 0 aromatic heterocycles. The van der Waals surface area contributed by atoms with Crippen molar-refractivity contribution in [3.63, 3.8) is 0 Å². The van der Waals surface area contributed by atoms with E-state index in [4.69, 9.17) is 4.74 Å². The number of piperazine rings is 1. The van der Waals surface area contributed by atoms with E-state index < -0.39 is 17.8 Å². The lowest BCUT2D eigenvalue weighted by Gasteiger charge is -2.34. The predicted octanol–water partition coefficient (Wildman–Crippen LogP) is 3.24. The molecule has 0 spiro atoms. The lowest BCUT2D eigenvalue weighted by Crippen LogP contribution is -2.48. The highest BCUT2D eigenvalue weighted by molar-refractivity contribution is 5.67. The van der Waals surface area contributed by atoms with Crippen molar-refractivity contribution in [3.8, 4) is 0 Å². The summed E-state index contributed by atoms with van der Waals surface area (Å²) in [4.78, 5) is 26.0. The number of carbonyl (C=O) groups excluding carboxylic acids is 2. The Morgan fingerprint density at radius 3 is 2.31 bits per heavy atom. The molecule has 1 aliphatic heterocycles. The largest absolute Gasteiger partial charge is 0.445 e. The fraction of sp³-hybridized carbons (Fsp3) is 0.556. The fourth-order valence-electron chi connectivity index (χ4n) is 2.71. The highest BCUT2D eigenvalue weighted by Gasteiger charge is 2.30. The van der Waals surface area contributed by atoms with Crippen molar-refractivity contribution in [1.82, 2.24) is 9.80 Å². The average Bonchev–Trinajstić information content (AvgIpc) is 2.63. The van der Waals surface area contributed by atoms with E-state index in [1.807, 2.05) is 6.29 Å². The zero-order valence-corrected chi connectivity index (χ0v) is 14.4. The van der Waals surface area contributed by atoms with Crippen molar-refractivity contribution in [2.45, 2.75) is 32.0 Å². The molecule has 2 rings (SSSR count). The van der Waals surface area contributed by atoms with Gasteiger partial charge in [0.05, 0.1) is 5.56 Å². The summed E-state index contributed by atoms with van der Waals surface area (Å²) >= 11 is 0. The second kappa shape index (κ2) is 9.56. The maximum Gasteiger partial charge on any atom is 0.416 e. The van der Waals surface area contributed by atoms with Crippen molar-refractivity contribution in [1.29, 1.82) is 0 Å². The van der Waals surface area contributed by atoms with Crippen LogP contribution in [0.3, 0.4) is 0 Å². The van der Waals surface area contributed by atoms with Gasteiger partial charge in [0.2, 0.25) is 0 Å². The van der Waals surface area contributed by atoms with E-state index in [2.05, 4.69) is 4.90 Å². The van der Waals surface area contributed by atoms with Gasteiger partial charge < -0.3 is 9.64 Å². The van der Waals surface area contributed by atoms with Crippen LogP contribution in [0.5, 0.6) is 0 Å². The Morgan fingerprint density at radius 2 is 1.73 bits per heavy atom. The standard InChI is InChI=1S/C18H22F3N2O3/c19-18(20,21)16-6-4-15(5-7-16)14-26-17(25)23-11-9-22(10-12-23)8-2-1-3-13-24/h4-7H,1-3,8-12,14H2. The maximum absolute atomic E-state index is 12.5. The number of nitrogens with zero attached hydrogens (tertiary/aromatic N) is 2. The number of amides is 1. The molecule has 1 aromatic rings. The monoisotopic (exact) mass is 371 g/mol. The van der Waals surface area contributed by atoms with Crippen molar-refractivity contribution >= 4 is 12.4 Å². The number of ether oxygens (including phenoxy) is 1. The van der Waals surface area contributed by atoms with Gasteiger partial charge in [-0.15, -0.1) is 0 Å². The van der Waals surface area contributed by atoms with Crippen molar-refractivity contribution in [2.75, 3.05) is 32.7 Å². The first-order valence-corrected chi connectivity index (χ1v) is 8.55. The minimum atomic E-state index is -4.37. The van der Waals surface area contributed by atoms with Crippen molar-refractivity contribution in [3.05, 3.63) is 35.4 Å². The van der Waals surface area contributed by atoms with Crippen LogP contribution < -0.4 is 0 Å². The van der Waals surface area contributed by atoms with Crippen LogP contribution in [0.25, 0.3) is 0 Å². The van der Waals surface area contributed by atoms with Crippen LogP contribution in [0.15, 0.2) is 24.3 Å². The first-order chi connectivity index (χ1) is 12.4. The topological polar surface area (TPSA) is 49.9 Å². The number of hydrogen-bond acceptors (Lipinski definition) is 4.